The molecule has 0 bridgehead atoms. The predicted octanol–water partition coefficient (Wildman–Crippen LogP) is 2.32. The van der Waals surface area contributed by atoms with E-state index in [0.717, 1.165) is 5.92 Å². The average Bonchev–Trinajstić information content (AvgIpc) is 3.05. The van der Waals surface area contributed by atoms with Crippen LogP contribution in [0.15, 0.2) is 0 Å². The molecular formula is C13H25NO. The van der Waals surface area contributed by atoms with Gasteiger partial charge in [0, 0.05) is 18.7 Å². The minimum atomic E-state index is 0.370. The zero-order valence-electron chi connectivity index (χ0n) is 9.91. The van der Waals surface area contributed by atoms with Gasteiger partial charge >= 0.3 is 0 Å². The van der Waals surface area contributed by atoms with Crippen molar-refractivity contribution in [2.75, 3.05) is 6.61 Å². The minimum Gasteiger partial charge on any atom is -0.396 e. The minimum absolute atomic E-state index is 0.370. The van der Waals surface area contributed by atoms with Gasteiger partial charge in [-0.05, 0) is 44.4 Å². The number of hydrogen-bond donors (Lipinski definition) is 2. The van der Waals surface area contributed by atoms with Gasteiger partial charge in [0.05, 0.1) is 0 Å². The lowest BCUT2D eigenvalue weighted by Gasteiger charge is -2.28. The molecule has 0 radical (unpaired) electrons. The van der Waals surface area contributed by atoms with Crippen LogP contribution in [0.3, 0.4) is 0 Å². The molecule has 0 heterocycles. The summed E-state index contributed by atoms with van der Waals surface area (Å²) in [5, 5.41) is 13.2. The fourth-order valence-electron chi connectivity index (χ4n) is 2.89. The summed E-state index contributed by atoms with van der Waals surface area (Å²) in [4.78, 5) is 0. The molecule has 2 N–H and O–H groups in total. The molecule has 0 aromatic rings. The van der Waals surface area contributed by atoms with E-state index in [1.165, 1.54) is 44.9 Å². The Kier molecular flexibility index (Phi) is 4.04. The lowest BCUT2D eigenvalue weighted by Crippen LogP contribution is -2.43. The van der Waals surface area contributed by atoms with Crippen molar-refractivity contribution in [1.29, 1.82) is 0 Å². The molecule has 2 fully saturated rings. The maximum absolute atomic E-state index is 9.41. The monoisotopic (exact) mass is 211 g/mol. The summed E-state index contributed by atoms with van der Waals surface area (Å²) >= 11 is 0. The quantitative estimate of drug-likeness (QED) is 0.699. The molecule has 0 aromatic carbocycles. The van der Waals surface area contributed by atoms with Gasteiger partial charge < -0.3 is 10.4 Å². The first kappa shape index (κ1) is 11.4. The fourth-order valence-corrected chi connectivity index (χ4v) is 2.89. The van der Waals surface area contributed by atoms with Gasteiger partial charge in [-0.25, -0.2) is 0 Å². The van der Waals surface area contributed by atoms with Crippen LogP contribution in [0, 0.1) is 11.8 Å². The summed E-state index contributed by atoms with van der Waals surface area (Å²) in [6.45, 7) is 2.69. The third kappa shape index (κ3) is 3.18. The summed E-state index contributed by atoms with van der Waals surface area (Å²) in [5.41, 5.74) is 0. The summed E-state index contributed by atoms with van der Waals surface area (Å²) < 4.78 is 0. The topological polar surface area (TPSA) is 32.3 Å². The summed E-state index contributed by atoms with van der Waals surface area (Å²) in [5.74, 6) is 1.43. The van der Waals surface area contributed by atoms with E-state index >= 15 is 0 Å². The lowest BCUT2D eigenvalue weighted by molar-refractivity contribution is 0.173. The van der Waals surface area contributed by atoms with Crippen LogP contribution < -0.4 is 5.32 Å². The molecule has 2 aliphatic carbocycles. The number of hydrogen-bond acceptors (Lipinski definition) is 2. The van der Waals surface area contributed by atoms with E-state index < -0.39 is 0 Å². The molecule has 2 rings (SSSR count). The molecular weight excluding hydrogens is 186 g/mol. The number of nitrogens with one attached hydrogen (secondary N) is 1. The van der Waals surface area contributed by atoms with E-state index in [1.807, 2.05) is 0 Å². The van der Waals surface area contributed by atoms with Gasteiger partial charge in [-0.2, -0.15) is 0 Å². The molecule has 0 amide bonds. The Labute approximate surface area is 93.5 Å². The Balaban J connectivity index is 1.84. The smallest absolute Gasteiger partial charge is 0.0474 e. The molecule has 3 atom stereocenters. The zero-order valence-corrected chi connectivity index (χ0v) is 9.91. The second-order valence-corrected chi connectivity index (χ2v) is 5.48. The molecule has 0 aromatic heterocycles. The fraction of sp³-hybridized carbons (Fsp3) is 1.00. The van der Waals surface area contributed by atoms with Crippen molar-refractivity contribution in [3.05, 3.63) is 0 Å². The first-order chi connectivity index (χ1) is 7.31. The molecule has 0 spiro atoms. The maximum atomic E-state index is 9.41. The van der Waals surface area contributed by atoms with Crippen molar-refractivity contribution < 1.29 is 5.11 Å². The van der Waals surface area contributed by atoms with Crippen molar-refractivity contribution in [2.24, 2.45) is 11.8 Å². The third-order valence-electron chi connectivity index (χ3n) is 4.20. The highest BCUT2D eigenvalue weighted by Gasteiger charge is 2.31. The molecule has 0 aliphatic heterocycles. The SMILES string of the molecule is CC(NC1CCCCCC1CO)C1CC1. The third-order valence-corrected chi connectivity index (χ3v) is 4.20. The van der Waals surface area contributed by atoms with Crippen LogP contribution in [0.2, 0.25) is 0 Å². The van der Waals surface area contributed by atoms with Gasteiger partial charge in [-0.15, -0.1) is 0 Å². The second kappa shape index (κ2) is 5.31. The number of rotatable bonds is 4. The first-order valence-electron chi connectivity index (χ1n) is 6.68. The molecule has 2 aliphatic rings. The molecule has 0 saturated heterocycles. The highest BCUT2D eigenvalue weighted by molar-refractivity contribution is 4.88. The van der Waals surface area contributed by atoms with Crippen LogP contribution in [0.1, 0.15) is 51.9 Å². The van der Waals surface area contributed by atoms with Crippen molar-refractivity contribution in [1.82, 2.24) is 5.32 Å². The van der Waals surface area contributed by atoms with Gasteiger partial charge in [0.25, 0.3) is 0 Å². The predicted molar refractivity (Wildman–Crippen MR) is 62.8 cm³/mol. The van der Waals surface area contributed by atoms with E-state index in [2.05, 4.69) is 12.2 Å². The molecule has 15 heavy (non-hydrogen) atoms. The van der Waals surface area contributed by atoms with Crippen molar-refractivity contribution in [3.8, 4) is 0 Å². The molecule has 3 unspecified atom stereocenters. The summed E-state index contributed by atoms with van der Waals surface area (Å²) in [7, 11) is 0. The molecule has 88 valence electrons. The van der Waals surface area contributed by atoms with Gasteiger partial charge in [0.1, 0.15) is 0 Å². The van der Waals surface area contributed by atoms with Gasteiger partial charge in [0.2, 0.25) is 0 Å². The lowest BCUT2D eigenvalue weighted by atomic mass is 9.94. The Morgan fingerprint density at radius 2 is 1.87 bits per heavy atom. The van der Waals surface area contributed by atoms with Crippen LogP contribution in [-0.2, 0) is 0 Å². The normalized spacial score (nSPS) is 34.8. The second-order valence-electron chi connectivity index (χ2n) is 5.48. The van der Waals surface area contributed by atoms with Crippen molar-refractivity contribution >= 4 is 0 Å². The first-order valence-corrected chi connectivity index (χ1v) is 6.68. The van der Waals surface area contributed by atoms with Crippen LogP contribution in [0.25, 0.3) is 0 Å². The van der Waals surface area contributed by atoms with Crippen LogP contribution >= 0.6 is 0 Å². The van der Waals surface area contributed by atoms with E-state index in [1.54, 1.807) is 0 Å². The van der Waals surface area contributed by atoms with Gasteiger partial charge in [-0.3, -0.25) is 0 Å². The Morgan fingerprint density at radius 3 is 2.53 bits per heavy atom. The maximum Gasteiger partial charge on any atom is 0.0474 e. The highest BCUT2D eigenvalue weighted by Crippen LogP contribution is 2.33. The van der Waals surface area contributed by atoms with Crippen molar-refractivity contribution in [3.63, 3.8) is 0 Å². The Morgan fingerprint density at radius 1 is 1.13 bits per heavy atom. The Hall–Kier alpha value is -0.0800. The van der Waals surface area contributed by atoms with E-state index in [9.17, 15) is 5.11 Å². The van der Waals surface area contributed by atoms with Crippen LogP contribution in [-0.4, -0.2) is 23.8 Å². The van der Waals surface area contributed by atoms with Gasteiger partial charge in [0.15, 0.2) is 0 Å². The average molecular weight is 211 g/mol. The van der Waals surface area contributed by atoms with Crippen LogP contribution in [0.5, 0.6) is 0 Å². The summed E-state index contributed by atoms with van der Waals surface area (Å²) in [6, 6.07) is 1.25. The Bertz CT molecular complexity index is 191. The number of aliphatic hydroxyl groups is 1. The van der Waals surface area contributed by atoms with E-state index in [0.29, 0.717) is 24.6 Å². The molecule has 2 heteroatoms. The standard InChI is InChI=1S/C13H25NO/c1-10(11-7-8-11)14-13-6-4-2-3-5-12(13)9-15/h10-15H,2-9H2,1H3. The van der Waals surface area contributed by atoms with E-state index in [4.69, 9.17) is 0 Å². The zero-order chi connectivity index (χ0) is 10.7. The highest BCUT2D eigenvalue weighted by atomic mass is 16.3. The molecule has 2 saturated carbocycles. The van der Waals surface area contributed by atoms with Gasteiger partial charge in [-0.1, -0.05) is 19.3 Å². The number of aliphatic hydroxyl groups excluding tert-OH is 1. The molecule has 2 nitrogen and oxygen atoms in total. The van der Waals surface area contributed by atoms with E-state index in [-0.39, 0.29) is 0 Å². The van der Waals surface area contributed by atoms with Crippen molar-refractivity contribution in [2.45, 2.75) is 64.0 Å². The summed E-state index contributed by atoms with van der Waals surface area (Å²) in [6.07, 6.45) is 9.29. The largest absolute Gasteiger partial charge is 0.396 e. The van der Waals surface area contributed by atoms with Crippen LogP contribution in [0.4, 0.5) is 0 Å².